The van der Waals surface area contributed by atoms with Crippen LogP contribution in [0.4, 0.5) is 5.69 Å². The molecule has 0 spiro atoms. The summed E-state index contributed by atoms with van der Waals surface area (Å²) in [5.41, 5.74) is 1.78. The van der Waals surface area contributed by atoms with E-state index in [0.717, 1.165) is 17.7 Å². The summed E-state index contributed by atoms with van der Waals surface area (Å²) in [6, 6.07) is 15.1. The largest absolute Gasteiger partial charge is 0.488 e. The molecule has 128 valence electrons. The molecule has 2 amide bonds. The quantitative estimate of drug-likeness (QED) is 0.918. The average Bonchev–Trinajstić information content (AvgIpc) is 3.05. The van der Waals surface area contributed by atoms with Gasteiger partial charge in [-0.25, -0.2) is 0 Å². The van der Waals surface area contributed by atoms with E-state index in [1.807, 2.05) is 36.4 Å². The van der Waals surface area contributed by atoms with Crippen molar-refractivity contribution < 1.29 is 19.1 Å². The van der Waals surface area contributed by atoms with Crippen molar-refractivity contribution >= 4 is 17.5 Å². The number of rotatable bonds is 4. The average molecular weight is 338 g/mol. The number of nitrogens with one attached hydrogen (secondary N) is 1. The minimum atomic E-state index is -0.224. The van der Waals surface area contributed by atoms with Crippen LogP contribution in [0.2, 0.25) is 0 Å². The van der Waals surface area contributed by atoms with Gasteiger partial charge in [0, 0.05) is 6.42 Å². The third kappa shape index (κ3) is 3.15. The predicted octanol–water partition coefficient (Wildman–Crippen LogP) is 1.53. The minimum absolute atomic E-state index is 0.0289. The molecule has 6 heteroatoms. The van der Waals surface area contributed by atoms with Gasteiger partial charge in [-0.3, -0.25) is 14.5 Å². The Hall–Kier alpha value is -3.02. The summed E-state index contributed by atoms with van der Waals surface area (Å²) >= 11 is 0. The maximum atomic E-state index is 12.3. The number of carbonyl (C=O) groups excluding carboxylic acids is 2. The Morgan fingerprint density at radius 1 is 1.12 bits per heavy atom. The summed E-state index contributed by atoms with van der Waals surface area (Å²) < 4.78 is 11.2. The first-order chi connectivity index (χ1) is 12.2. The third-order valence-corrected chi connectivity index (χ3v) is 4.35. The maximum absolute atomic E-state index is 12.3. The molecule has 6 nitrogen and oxygen atoms in total. The molecule has 4 rings (SSSR count). The number of nitrogens with zero attached hydrogens (tertiary/aromatic N) is 1. The van der Waals surface area contributed by atoms with E-state index in [2.05, 4.69) is 5.32 Å². The molecule has 2 heterocycles. The highest BCUT2D eigenvalue weighted by Crippen LogP contribution is 2.31. The molecule has 2 aliphatic rings. The highest BCUT2D eigenvalue weighted by Gasteiger charge is 2.28. The molecule has 0 radical (unpaired) electrons. The number of benzene rings is 2. The first-order valence-electron chi connectivity index (χ1n) is 8.24. The van der Waals surface area contributed by atoms with Gasteiger partial charge < -0.3 is 14.8 Å². The molecule has 0 saturated carbocycles. The second-order valence-electron chi connectivity index (χ2n) is 6.09. The molecule has 0 fully saturated rings. The van der Waals surface area contributed by atoms with Crippen molar-refractivity contribution in [3.8, 4) is 11.5 Å². The smallest absolute Gasteiger partial charge is 0.265 e. The van der Waals surface area contributed by atoms with Gasteiger partial charge >= 0.3 is 0 Å². The topological polar surface area (TPSA) is 67.9 Å². The number of carbonyl (C=O) groups is 2. The van der Waals surface area contributed by atoms with E-state index in [-0.39, 0.29) is 31.1 Å². The van der Waals surface area contributed by atoms with Crippen molar-refractivity contribution in [3.05, 3.63) is 54.1 Å². The fourth-order valence-corrected chi connectivity index (χ4v) is 3.12. The standard InChI is InChI=1S/C19H18N2O4/c22-18(20-10-14-9-13-5-1-3-7-16(13)25-14)11-21-15-6-2-4-8-17(15)24-12-19(21)23/h1-8,14H,9-12H2,(H,20,22). The molecule has 1 atom stereocenters. The number of hydrogen-bond acceptors (Lipinski definition) is 4. The second-order valence-corrected chi connectivity index (χ2v) is 6.09. The first-order valence-corrected chi connectivity index (χ1v) is 8.24. The van der Waals surface area contributed by atoms with Gasteiger partial charge in [0.25, 0.3) is 5.91 Å². The Balaban J connectivity index is 1.35. The van der Waals surface area contributed by atoms with Gasteiger partial charge in [-0.15, -0.1) is 0 Å². The van der Waals surface area contributed by atoms with Crippen molar-refractivity contribution in [1.29, 1.82) is 0 Å². The number of anilines is 1. The van der Waals surface area contributed by atoms with Gasteiger partial charge in [-0.05, 0) is 23.8 Å². The molecule has 1 N–H and O–H groups in total. The van der Waals surface area contributed by atoms with Crippen molar-refractivity contribution in [2.24, 2.45) is 0 Å². The number of para-hydroxylation sites is 3. The van der Waals surface area contributed by atoms with E-state index in [1.165, 1.54) is 4.90 Å². The lowest BCUT2D eigenvalue weighted by atomic mass is 10.1. The van der Waals surface area contributed by atoms with Crippen LogP contribution >= 0.6 is 0 Å². The monoisotopic (exact) mass is 338 g/mol. The number of amides is 2. The van der Waals surface area contributed by atoms with Crippen LogP contribution in [0.3, 0.4) is 0 Å². The van der Waals surface area contributed by atoms with Crippen molar-refractivity contribution in [1.82, 2.24) is 5.32 Å². The van der Waals surface area contributed by atoms with Gasteiger partial charge in [0.1, 0.15) is 24.1 Å². The fraction of sp³-hybridized carbons (Fsp3) is 0.263. The Labute approximate surface area is 145 Å². The van der Waals surface area contributed by atoms with Crippen LogP contribution in [-0.2, 0) is 16.0 Å². The number of hydrogen-bond donors (Lipinski definition) is 1. The molecule has 0 bridgehead atoms. The van der Waals surface area contributed by atoms with Crippen LogP contribution in [0.25, 0.3) is 0 Å². The van der Waals surface area contributed by atoms with Crippen LogP contribution in [0.15, 0.2) is 48.5 Å². The van der Waals surface area contributed by atoms with E-state index < -0.39 is 0 Å². The molecule has 0 saturated heterocycles. The Kier molecular flexibility index (Phi) is 4.01. The lowest BCUT2D eigenvalue weighted by Gasteiger charge is -2.28. The Morgan fingerprint density at radius 3 is 2.72 bits per heavy atom. The van der Waals surface area contributed by atoms with Crippen LogP contribution in [-0.4, -0.2) is 37.6 Å². The predicted molar refractivity (Wildman–Crippen MR) is 91.9 cm³/mol. The van der Waals surface area contributed by atoms with E-state index in [0.29, 0.717) is 18.0 Å². The summed E-state index contributed by atoms with van der Waals surface area (Å²) in [4.78, 5) is 25.8. The summed E-state index contributed by atoms with van der Waals surface area (Å²) in [6.07, 6.45) is 0.699. The Bertz CT molecular complexity index is 796. The van der Waals surface area contributed by atoms with Crippen LogP contribution < -0.4 is 19.7 Å². The molecule has 2 aromatic carbocycles. The van der Waals surface area contributed by atoms with Gasteiger partial charge in [0.15, 0.2) is 6.61 Å². The van der Waals surface area contributed by atoms with Gasteiger partial charge in [-0.1, -0.05) is 30.3 Å². The second kappa shape index (κ2) is 6.47. The summed E-state index contributed by atoms with van der Waals surface area (Å²) in [7, 11) is 0. The number of fused-ring (bicyclic) bond motifs is 2. The lowest BCUT2D eigenvalue weighted by molar-refractivity contribution is -0.125. The van der Waals surface area contributed by atoms with Gasteiger partial charge in [0.2, 0.25) is 5.91 Å². The molecule has 2 aromatic rings. The SMILES string of the molecule is O=C(CN1C(=O)COc2ccccc21)NCC1Cc2ccccc2O1. The third-order valence-electron chi connectivity index (χ3n) is 4.35. The van der Waals surface area contributed by atoms with E-state index >= 15 is 0 Å². The van der Waals surface area contributed by atoms with Crippen LogP contribution in [0, 0.1) is 0 Å². The molecule has 1 unspecified atom stereocenters. The van der Waals surface area contributed by atoms with E-state index in [1.54, 1.807) is 12.1 Å². The van der Waals surface area contributed by atoms with E-state index in [4.69, 9.17) is 9.47 Å². The molecule has 0 aromatic heterocycles. The highest BCUT2D eigenvalue weighted by molar-refractivity contribution is 6.02. The zero-order valence-electron chi connectivity index (χ0n) is 13.6. The maximum Gasteiger partial charge on any atom is 0.265 e. The molecular formula is C19H18N2O4. The zero-order chi connectivity index (χ0) is 17.2. The highest BCUT2D eigenvalue weighted by atomic mass is 16.5. The van der Waals surface area contributed by atoms with Crippen molar-refractivity contribution in [3.63, 3.8) is 0 Å². The van der Waals surface area contributed by atoms with Gasteiger partial charge in [0.05, 0.1) is 12.2 Å². The van der Waals surface area contributed by atoms with Crippen LogP contribution in [0.1, 0.15) is 5.56 Å². The first kappa shape index (κ1) is 15.5. The lowest BCUT2D eigenvalue weighted by Crippen LogP contribution is -2.46. The summed E-state index contributed by atoms with van der Waals surface area (Å²) in [6.45, 7) is 0.331. The fourth-order valence-electron chi connectivity index (χ4n) is 3.12. The van der Waals surface area contributed by atoms with Crippen molar-refractivity contribution in [2.75, 3.05) is 24.6 Å². The number of ether oxygens (including phenoxy) is 2. The molecular weight excluding hydrogens is 320 g/mol. The van der Waals surface area contributed by atoms with Crippen molar-refractivity contribution in [2.45, 2.75) is 12.5 Å². The summed E-state index contributed by atoms with van der Waals surface area (Å²) in [5, 5.41) is 2.86. The van der Waals surface area contributed by atoms with E-state index in [9.17, 15) is 9.59 Å². The van der Waals surface area contributed by atoms with Crippen LogP contribution in [0.5, 0.6) is 11.5 Å². The Morgan fingerprint density at radius 2 is 1.88 bits per heavy atom. The zero-order valence-corrected chi connectivity index (χ0v) is 13.6. The normalized spacial score (nSPS) is 18.0. The molecule has 0 aliphatic carbocycles. The summed E-state index contributed by atoms with van der Waals surface area (Å²) in [5.74, 6) is 1.05. The van der Waals surface area contributed by atoms with Gasteiger partial charge in [-0.2, -0.15) is 0 Å². The molecule has 2 aliphatic heterocycles. The molecule has 25 heavy (non-hydrogen) atoms. The minimum Gasteiger partial charge on any atom is -0.488 e.